The molecule has 1 N–H and O–H groups in total. The third-order valence-electron chi connectivity index (χ3n) is 3.24. The van der Waals surface area contributed by atoms with Gasteiger partial charge >= 0.3 is 0 Å². The summed E-state index contributed by atoms with van der Waals surface area (Å²) in [5.74, 6) is 0.785. The first-order chi connectivity index (χ1) is 8.02. The lowest BCUT2D eigenvalue weighted by Gasteiger charge is -2.33. The topological polar surface area (TPSA) is 24.5 Å². The zero-order valence-corrected chi connectivity index (χ0v) is 12.6. The van der Waals surface area contributed by atoms with E-state index in [1.165, 1.54) is 6.42 Å². The number of nitrogens with one attached hydrogen (secondary N) is 1. The molecule has 0 aromatic carbocycles. The second kappa shape index (κ2) is 9.86. The Hall–Kier alpha value is -0.120. The van der Waals surface area contributed by atoms with Gasteiger partial charge in [-0.3, -0.25) is 4.90 Å². The van der Waals surface area contributed by atoms with E-state index >= 15 is 0 Å². The van der Waals surface area contributed by atoms with Crippen molar-refractivity contribution in [3.8, 4) is 0 Å². The maximum atomic E-state index is 5.23. The van der Waals surface area contributed by atoms with Gasteiger partial charge in [0.15, 0.2) is 0 Å². The number of hydrogen-bond donors (Lipinski definition) is 1. The predicted octanol–water partition coefficient (Wildman–Crippen LogP) is 2.37. The summed E-state index contributed by atoms with van der Waals surface area (Å²) >= 11 is 0. The third-order valence-corrected chi connectivity index (χ3v) is 3.24. The van der Waals surface area contributed by atoms with E-state index in [0.717, 1.165) is 32.2 Å². The van der Waals surface area contributed by atoms with Gasteiger partial charge in [-0.2, -0.15) is 0 Å². The molecule has 0 rings (SSSR count). The molecular formula is C14H32N2O. The average molecular weight is 244 g/mol. The van der Waals surface area contributed by atoms with Gasteiger partial charge in [-0.15, -0.1) is 0 Å². The quantitative estimate of drug-likeness (QED) is 0.597. The van der Waals surface area contributed by atoms with Crippen LogP contribution in [-0.4, -0.2) is 50.3 Å². The number of nitrogens with zero attached hydrogens (tertiary/aromatic N) is 1. The molecule has 0 radical (unpaired) electrons. The van der Waals surface area contributed by atoms with Gasteiger partial charge < -0.3 is 10.1 Å². The minimum Gasteiger partial charge on any atom is -0.383 e. The van der Waals surface area contributed by atoms with Gasteiger partial charge in [0.1, 0.15) is 0 Å². The molecule has 0 fully saturated rings. The number of likely N-dealkylation sites (N-methyl/N-ethyl adjacent to an activating group) is 1. The van der Waals surface area contributed by atoms with Crippen molar-refractivity contribution in [3.05, 3.63) is 0 Å². The van der Waals surface area contributed by atoms with E-state index in [1.54, 1.807) is 7.11 Å². The van der Waals surface area contributed by atoms with Crippen molar-refractivity contribution in [2.45, 2.75) is 53.1 Å². The molecule has 0 aliphatic carbocycles. The molecular weight excluding hydrogens is 212 g/mol. The summed E-state index contributed by atoms with van der Waals surface area (Å²) in [4.78, 5) is 2.49. The van der Waals surface area contributed by atoms with Crippen LogP contribution in [0, 0.1) is 5.92 Å². The van der Waals surface area contributed by atoms with Crippen LogP contribution in [0.15, 0.2) is 0 Å². The van der Waals surface area contributed by atoms with Crippen LogP contribution in [0.4, 0.5) is 0 Å². The fourth-order valence-electron chi connectivity index (χ4n) is 2.21. The maximum absolute atomic E-state index is 5.23. The fraction of sp³-hybridized carbons (Fsp3) is 1.00. The van der Waals surface area contributed by atoms with Crippen molar-refractivity contribution in [1.29, 1.82) is 0 Å². The molecule has 0 aliphatic heterocycles. The van der Waals surface area contributed by atoms with Gasteiger partial charge in [0.25, 0.3) is 0 Å². The van der Waals surface area contributed by atoms with Crippen LogP contribution in [-0.2, 0) is 4.74 Å². The van der Waals surface area contributed by atoms with Crippen molar-refractivity contribution in [2.24, 2.45) is 5.92 Å². The normalized spacial score (nSPS) is 15.5. The SMILES string of the molecule is CCN(C(C)CNCCC(C)C)C(C)COC. The number of methoxy groups -OCH3 is 1. The van der Waals surface area contributed by atoms with Gasteiger partial charge in [0, 0.05) is 25.7 Å². The number of rotatable bonds is 10. The Labute approximate surface area is 108 Å². The van der Waals surface area contributed by atoms with Crippen molar-refractivity contribution < 1.29 is 4.74 Å². The zero-order chi connectivity index (χ0) is 13.3. The molecule has 17 heavy (non-hydrogen) atoms. The van der Waals surface area contributed by atoms with Crippen molar-refractivity contribution in [1.82, 2.24) is 10.2 Å². The molecule has 104 valence electrons. The first-order valence-electron chi connectivity index (χ1n) is 6.98. The Balaban J connectivity index is 3.87. The highest BCUT2D eigenvalue weighted by Gasteiger charge is 2.17. The second-order valence-electron chi connectivity index (χ2n) is 5.37. The van der Waals surface area contributed by atoms with Crippen molar-refractivity contribution in [2.75, 3.05) is 33.4 Å². The van der Waals surface area contributed by atoms with Gasteiger partial charge in [-0.25, -0.2) is 0 Å². The lowest BCUT2D eigenvalue weighted by atomic mass is 10.1. The van der Waals surface area contributed by atoms with Gasteiger partial charge in [-0.1, -0.05) is 20.8 Å². The Kier molecular flexibility index (Phi) is 9.79. The molecule has 0 spiro atoms. The molecule has 0 saturated carbocycles. The first-order valence-corrected chi connectivity index (χ1v) is 6.98. The highest BCUT2D eigenvalue weighted by atomic mass is 16.5. The van der Waals surface area contributed by atoms with Crippen molar-refractivity contribution >= 4 is 0 Å². The largest absolute Gasteiger partial charge is 0.383 e. The highest BCUT2D eigenvalue weighted by Crippen LogP contribution is 2.05. The lowest BCUT2D eigenvalue weighted by Crippen LogP contribution is -2.47. The zero-order valence-electron chi connectivity index (χ0n) is 12.6. The van der Waals surface area contributed by atoms with Gasteiger partial charge in [0.05, 0.1) is 6.61 Å². The Morgan fingerprint density at radius 1 is 1.12 bits per heavy atom. The molecule has 0 saturated heterocycles. The second-order valence-corrected chi connectivity index (χ2v) is 5.37. The smallest absolute Gasteiger partial charge is 0.0615 e. The highest BCUT2D eigenvalue weighted by molar-refractivity contribution is 4.74. The van der Waals surface area contributed by atoms with E-state index in [1.807, 2.05) is 0 Å². The summed E-state index contributed by atoms with van der Waals surface area (Å²) in [7, 11) is 1.77. The molecule has 0 aliphatic rings. The van der Waals surface area contributed by atoms with E-state index in [9.17, 15) is 0 Å². The predicted molar refractivity (Wildman–Crippen MR) is 75.5 cm³/mol. The monoisotopic (exact) mass is 244 g/mol. The molecule has 3 heteroatoms. The molecule has 2 unspecified atom stereocenters. The average Bonchev–Trinajstić information content (AvgIpc) is 2.25. The molecule has 0 bridgehead atoms. The summed E-state index contributed by atoms with van der Waals surface area (Å²) in [6.07, 6.45) is 1.26. The minimum absolute atomic E-state index is 0.492. The van der Waals surface area contributed by atoms with E-state index < -0.39 is 0 Å². The van der Waals surface area contributed by atoms with Crippen LogP contribution in [0.1, 0.15) is 41.0 Å². The summed E-state index contributed by atoms with van der Waals surface area (Å²) in [5, 5.41) is 3.55. The fourth-order valence-corrected chi connectivity index (χ4v) is 2.21. The molecule has 2 atom stereocenters. The summed E-state index contributed by atoms with van der Waals surface area (Å²) in [6, 6.07) is 1.06. The molecule has 0 aromatic rings. The van der Waals surface area contributed by atoms with E-state index in [2.05, 4.69) is 44.8 Å². The molecule has 0 heterocycles. The van der Waals surface area contributed by atoms with Crippen LogP contribution < -0.4 is 5.32 Å². The Morgan fingerprint density at radius 2 is 1.76 bits per heavy atom. The molecule has 3 nitrogen and oxygen atoms in total. The lowest BCUT2D eigenvalue weighted by molar-refractivity contribution is 0.0780. The van der Waals surface area contributed by atoms with Crippen LogP contribution in [0.25, 0.3) is 0 Å². The number of ether oxygens (including phenoxy) is 1. The first kappa shape index (κ1) is 16.9. The Morgan fingerprint density at radius 3 is 2.24 bits per heavy atom. The maximum Gasteiger partial charge on any atom is 0.0615 e. The molecule has 0 aromatic heterocycles. The standard InChI is InChI=1S/C14H32N2O/c1-7-16(14(5)11-17-6)13(4)10-15-9-8-12(2)3/h12-15H,7-11H2,1-6H3. The van der Waals surface area contributed by atoms with Gasteiger partial charge in [0.2, 0.25) is 0 Å². The van der Waals surface area contributed by atoms with E-state index in [0.29, 0.717) is 12.1 Å². The van der Waals surface area contributed by atoms with Crippen LogP contribution in [0.5, 0.6) is 0 Å². The summed E-state index contributed by atoms with van der Waals surface area (Å²) in [5.41, 5.74) is 0. The van der Waals surface area contributed by atoms with Crippen LogP contribution in [0.3, 0.4) is 0 Å². The van der Waals surface area contributed by atoms with Crippen molar-refractivity contribution in [3.63, 3.8) is 0 Å². The van der Waals surface area contributed by atoms with Crippen LogP contribution in [0.2, 0.25) is 0 Å². The Bertz CT molecular complexity index is 174. The van der Waals surface area contributed by atoms with E-state index in [4.69, 9.17) is 4.74 Å². The summed E-state index contributed by atoms with van der Waals surface area (Å²) < 4.78 is 5.23. The van der Waals surface area contributed by atoms with Gasteiger partial charge in [-0.05, 0) is 39.3 Å². The number of hydrogen-bond acceptors (Lipinski definition) is 3. The molecule has 0 amide bonds. The van der Waals surface area contributed by atoms with Crippen LogP contribution >= 0.6 is 0 Å². The third kappa shape index (κ3) is 7.74. The minimum atomic E-state index is 0.492. The van der Waals surface area contributed by atoms with E-state index in [-0.39, 0.29) is 0 Å². The summed E-state index contributed by atoms with van der Waals surface area (Å²) in [6.45, 7) is 15.4.